The van der Waals surface area contributed by atoms with Gasteiger partial charge in [-0.05, 0) is 43.1 Å². The van der Waals surface area contributed by atoms with E-state index in [0.29, 0.717) is 35.4 Å². The number of rotatable bonds is 8. The number of hydrogen-bond donors (Lipinski definition) is 2. The van der Waals surface area contributed by atoms with Crippen molar-refractivity contribution < 1.29 is 14.7 Å². The van der Waals surface area contributed by atoms with Crippen molar-refractivity contribution >= 4 is 23.4 Å². The topological polar surface area (TPSA) is 92.2 Å². The van der Waals surface area contributed by atoms with Gasteiger partial charge in [0.15, 0.2) is 0 Å². The third kappa shape index (κ3) is 5.24. The van der Waals surface area contributed by atoms with Crippen LogP contribution in [0.3, 0.4) is 0 Å². The molecule has 1 unspecified atom stereocenters. The number of amides is 1. The first kappa shape index (κ1) is 16.6. The molecule has 0 radical (unpaired) electrons. The zero-order valence-corrected chi connectivity index (χ0v) is 12.9. The fraction of sp³-hybridized carbons (Fsp3) is 0.692. The van der Waals surface area contributed by atoms with Crippen molar-refractivity contribution in [3.8, 4) is 0 Å². The van der Waals surface area contributed by atoms with Gasteiger partial charge in [0.2, 0.25) is 0 Å². The predicted molar refractivity (Wildman–Crippen MR) is 76.8 cm³/mol. The molecule has 1 rings (SSSR count). The van der Waals surface area contributed by atoms with Gasteiger partial charge < -0.3 is 10.4 Å². The summed E-state index contributed by atoms with van der Waals surface area (Å²) in [5, 5.41) is 15.4. The summed E-state index contributed by atoms with van der Waals surface area (Å²) in [7, 11) is 0. The first-order valence-corrected chi connectivity index (χ1v) is 7.48. The number of aryl methyl sites for hydroxylation is 1. The second-order valence-electron chi connectivity index (χ2n) is 5.17. The van der Waals surface area contributed by atoms with E-state index in [1.807, 2.05) is 0 Å². The molecule has 0 saturated heterocycles. The Kier molecular flexibility index (Phi) is 6.57. The molecule has 0 saturated carbocycles. The molecule has 1 atom stereocenters. The highest BCUT2D eigenvalue weighted by Gasteiger charge is 2.17. The van der Waals surface area contributed by atoms with Crippen molar-refractivity contribution in [1.29, 1.82) is 0 Å². The van der Waals surface area contributed by atoms with Crippen LogP contribution in [0.1, 0.15) is 48.5 Å². The highest BCUT2D eigenvalue weighted by atomic mass is 32.1. The Hall–Kier alpha value is -1.50. The van der Waals surface area contributed by atoms with Gasteiger partial charge in [-0.15, -0.1) is 5.10 Å². The van der Waals surface area contributed by atoms with Crippen LogP contribution in [0.25, 0.3) is 0 Å². The number of carboxylic acid groups (broad SMARTS) is 1. The number of carbonyl (C=O) groups excluding carboxylic acids is 1. The predicted octanol–water partition coefficient (Wildman–Crippen LogP) is 2.10. The van der Waals surface area contributed by atoms with E-state index in [9.17, 15) is 9.59 Å². The summed E-state index contributed by atoms with van der Waals surface area (Å²) < 4.78 is 3.73. The van der Waals surface area contributed by atoms with Gasteiger partial charge in [-0.3, -0.25) is 9.59 Å². The van der Waals surface area contributed by atoms with Crippen LogP contribution in [-0.2, 0) is 4.79 Å². The van der Waals surface area contributed by atoms with Gasteiger partial charge in [0, 0.05) is 13.0 Å². The van der Waals surface area contributed by atoms with Crippen LogP contribution in [-0.4, -0.2) is 33.1 Å². The smallest absolute Gasteiger partial charge is 0.303 e. The molecule has 1 heterocycles. The lowest BCUT2D eigenvalue weighted by molar-refractivity contribution is -0.137. The molecule has 1 amide bonds. The molecule has 0 spiro atoms. The lowest BCUT2D eigenvalue weighted by Gasteiger charge is -2.20. The Bertz CT molecular complexity index is 459. The van der Waals surface area contributed by atoms with E-state index in [2.05, 4.69) is 28.8 Å². The zero-order valence-electron chi connectivity index (χ0n) is 12.0. The molecule has 7 heteroatoms. The van der Waals surface area contributed by atoms with Crippen molar-refractivity contribution in [2.75, 3.05) is 6.54 Å². The SMILES string of the molecule is Cc1nnsc1C(=O)NCCC(CCC(=O)O)C(C)C. The maximum absolute atomic E-state index is 11.9. The third-order valence-corrected chi connectivity index (χ3v) is 4.16. The summed E-state index contributed by atoms with van der Waals surface area (Å²) in [6, 6.07) is 0. The van der Waals surface area contributed by atoms with Crippen LogP contribution >= 0.6 is 11.5 Å². The molecule has 1 aromatic rings. The molecule has 6 nitrogen and oxygen atoms in total. The second kappa shape index (κ2) is 7.94. The van der Waals surface area contributed by atoms with Crippen LogP contribution in [0.5, 0.6) is 0 Å². The highest BCUT2D eigenvalue weighted by molar-refractivity contribution is 7.07. The summed E-state index contributed by atoms with van der Waals surface area (Å²) in [6.45, 7) is 6.44. The molecule has 0 aliphatic rings. The van der Waals surface area contributed by atoms with E-state index in [1.54, 1.807) is 6.92 Å². The van der Waals surface area contributed by atoms with Crippen LogP contribution in [0.15, 0.2) is 0 Å². The third-order valence-electron chi connectivity index (χ3n) is 3.33. The van der Waals surface area contributed by atoms with Gasteiger partial charge in [-0.25, -0.2) is 0 Å². The summed E-state index contributed by atoms with van der Waals surface area (Å²) in [5.74, 6) is -0.227. The quantitative estimate of drug-likeness (QED) is 0.767. The molecule has 2 N–H and O–H groups in total. The number of carbonyl (C=O) groups is 2. The molecular weight excluding hydrogens is 278 g/mol. The van der Waals surface area contributed by atoms with Crippen molar-refractivity contribution in [2.45, 2.75) is 40.0 Å². The van der Waals surface area contributed by atoms with E-state index < -0.39 is 5.97 Å². The van der Waals surface area contributed by atoms with Gasteiger partial charge in [0.1, 0.15) is 4.88 Å². The number of hydrogen-bond acceptors (Lipinski definition) is 5. The van der Waals surface area contributed by atoms with Gasteiger partial charge in [-0.1, -0.05) is 18.3 Å². The molecule has 0 aromatic carbocycles. The fourth-order valence-electron chi connectivity index (χ4n) is 2.01. The van der Waals surface area contributed by atoms with Crippen molar-refractivity contribution in [3.63, 3.8) is 0 Å². The highest BCUT2D eigenvalue weighted by Crippen LogP contribution is 2.20. The van der Waals surface area contributed by atoms with E-state index in [1.165, 1.54) is 0 Å². The Morgan fingerprint density at radius 3 is 2.55 bits per heavy atom. The molecule has 0 aliphatic heterocycles. The van der Waals surface area contributed by atoms with E-state index in [-0.39, 0.29) is 12.3 Å². The number of nitrogens with one attached hydrogen (secondary N) is 1. The number of aliphatic carboxylic acids is 1. The molecule has 1 aromatic heterocycles. The van der Waals surface area contributed by atoms with Gasteiger partial charge in [-0.2, -0.15) is 0 Å². The molecular formula is C13H21N3O3S. The van der Waals surface area contributed by atoms with Crippen LogP contribution < -0.4 is 5.32 Å². The normalized spacial score (nSPS) is 12.4. The van der Waals surface area contributed by atoms with Crippen LogP contribution in [0.2, 0.25) is 0 Å². The summed E-state index contributed by atoms with van der Waals surface area (Å²) in [6.07, 6.45) is 1.60. The summed E-state index contributed by atoms with van der Waals surface area (Å²) >= 11 is 1.09. The van der Waals surface area contributed by atoms with Crippen molar-refractivity contribution in [1.82, 2.24) is 14.9 Å². The van der Waals surface area contributed by atoms with Crippen LogP contribution in [0.4, 0.5) is 0 Å². The van der Waals surface area contributed by atoms with Gasteiger partial charge >= 0.3 is 5.97 Å². The van der Waals surface area contributed by atoms with E-state index in [4.69, 9.17) is 5.11 Å². The van der Waals surface area contributed by atoms with Crippen LogP contribution in [0, 0.1) is 18.8 Å². The maximum atomic E-state index is 11.9. The number of nitrogens with zero attached hydrogens (tertiary/aromatic N) is 2. The lowest BCUT2D eigenvalue weighted by Crippen LogP contribution is -2.27. The standard InChI is InChI=1S/C13H21N3O3S/c1-8(2)10(4-5-11(17)18)6-7-14-13(19)12-9(3)15-16-20-12/h8,10H,4-7H2,1-3H3,(H,14,19)(H,17,18). The maximum Gasteiger partial charge on any atom is 0.303 e. The lowest BCUT2D eigenvalue weighted by atomic mass is 9.88. The average Bonchev–Trinajstić information content (AvgIpc) is 2.78. The Morgan fingerprint density at radius 2 is 2.05 bits per heavy atom. The number of aromatic nitrogens is 2. The Labute approximate surface area is 122 Å². The summed E-state index contributed by atoms with van der Waals surface area (Å²) in [4.78, 5) is 23.0. The zero-order chi connectivity index (χ0) is 15.1. The molecule has 0 bridgehead atoms. The van der Waals surface area contributed by atoms with Gasteiger partial charge in [0.25, 0.3) is 5.91 Å². The minimum atomic E-state index is -0.772. The first-order chi connectivity index (χ1) is 9.41. The minimum Gasteiger partial charge on any atom is -0.481 e. The molecule has 112 valence electrons. The number of carboxylic acids is 1. The van der Waals surface area contributed by atoms with E-state index in [0.717, 1.165) is 18.0 Å². The van der Waals surface area contributed by atoms with E-state index >= 15 is 0 Å². The molecule has 0 aliphatic carbocycles. The minimum absolute atomic E-state index is 0.154. The van der Waals surface area contributed by atoms with Crippen molar-refractivity contribution in [2.24, 2.45) is 11.8 Å². The Balaban J connectivity index is 2.38. The van der Waals surface area contributed by atoms with Gasteiger partial charge in [0.05, 0.1) is 5.69 Å². The fourth-order valence-corrected chi connectivity index (χ4v) is 2.58. The monoisotopic (exact) mass is 299 g/mol. The first-order valence-electron chi connectivity index (χ1n) is 6.70. The largest absolute Gasteiger partial charge is 0.481 e. The molecule has 0 fully saturated rings. The second-order valence-corrected chi connectivity index (χ2v) is 5.92. The Morgan fingerprint density at radius 1 is 1.35 bits per heavy atom. The van der Waals surface area contributed by atoms with Crippen molar-refractivity contribution in [3.05, 3.63) is 10.6 Å². The molecule has 20 heavy (non-hydrogen) atoms. The average molecular weight is 299 g/mol. The summed E-state index contributed by atoms with van der Waals surface area (Å²) in [5.41, 5.74) is 0.638.